The number of nitrogens with one attached hydrogen (secondary N) is 1. The van der Waals surface area contributed by atoms with Crippen molar-refractivity contribution >= 4 is 15.9 Å². The molecule has 0 aliphatic carbocycles. The molecule has 1 N–H and O–H groups in total. The predicted molar refractivity (Wildman–Crippen MR) is 67.2 cm³/mol. The smallest absolute Gasteiger partial charge is 0.419 e. The van der Waals surface area contributed by atoms with Gasteiger partial charge >= 0.3 is 6.18 Å². The Hall–Kier alpha value is -0.790. The number of benzene rings is 1. The third-order valence-corrected chi connectivity index (χ3v) is 3.17. The lowest BCUT2D eigenvalue weighted by Crippen LogP contribution is -2.41. The Kier molecular flexibility index (Phi) is 4.70. The number of hydrogen-bond donors (Lipinski definition) is 1. The topological polar surface area (TPSA) is 30.5 Å². The molecule has 1 aromatic rings. The van der Waals surface area contributed by atoms with Gasteiger partial charge in [0, 0.05) is 17.6 Å². The number of ether oxygens (including phenoxy) is 2. The monoisotopic (exact) mass is 339 g/mol. The van der Waals surface area contributed by atoms with Gasteiger partial charge in [-0.2, -0.15) is 13.2 Å². The number of morpholine rings is 1. The predicted octanol–water partition coefficient (Wildman–Crippen LogP) is 2.84. The first-order chi connectivity index (χ1) is 8.97. The van der Waals surface area contributed by atoms with Gasteiger partial charge in [0.05, 0.1) is 12.2 Å². The highest BCUT2D eigenvalue weighted by molar-refractivity contribution is 9.10. The summed E-state index contributed by atoms with van der Waals surface area (Å²) in [6.07, 6.45) is -4.66. The molecule has 1 unspecified atom stereocenters. The Morgan fingerprint density at radius 3 is 2.84 bits per heavy atom. The SMILES string of the molecule is FC(F)(F)c1ccc(Br)cc1OCC1CNCCO1. The van der Waals surface area contributed by atoms with Crippen molar-refractivity contribution in [2.45, 2.75) is 12.3 Å². The van der Waals surface area contributed by atoms with E-state index in [1.807, 2.05) is 0 Å². The van der Waals surface area contributed by atoms with Crippen molar-refractivity contribution in [2.75, 3.05) is 26.3 Å². The van der Waals surface area contributed by atoms with E-state index in [1.165, 1.54) is 12.1 Å². The van der Waals surface area contributed by atoms with Crippen LogP contribution in [0, 0.1) is 0 Å². The number of halogens is 4. The highest BCUT2D eigenvalue weighted by atomic mass is 79.9. The Balaban J connectivity index is 2.07. The standard InChI is InChI=1S/C12H13BrF3NO2/c13-8-1-2-10(12(14,15)16)11(5-8)19-7-9-6-17-3-4-18-9/h1-2,5,9,17H,3-4,6-7H2. The van der Waals surface area contributed by atoms with E-state index in [2.05, 4.69) is 21.2 Å². The summed E-state index contributed by atoms with van der Waals surface area (Å²) in [5.74, 6) is -0.184. The van der Waals surface area contributed by atoms with Crippen LogP contribution in [-0.4, -0.2) is 32.4 Å². The second kappa shape index (κ2) is 6.11. The highest BCUT2D eigenvalue weighted by Crippen LogP contribution is 2.37. The lowest BCUT2D eigenvalue weighted by Gasteiger charge is -2.24. The van der Waals surface area contributed by atoms with Crippen LogP contribution >= 0.6 is 15.9 Å². The third kappa shape index (κ3) is 4.09. The van der Waals surface area contributed by atoms with Crippen LogP contribution in [0.4, 0.5) is 13.2 Å². The van der Waals surface area contributed by atoms with Crippen LogP contribution in [0.15, 0.2) is 22.7 Å². The van der Waals surface area contributed by atoms with Crippen molar-refractivity contribution in [1.82, 2.24) is 5.32 Å². The maximum Gasteiger partial charge on any atom is 0.419 e. The van der Waals surface area contributed by atoms with Gasteiger partial charge in [0.25, 0.3) is 0 Å². The molecule has 0 aromatic heterocycles. The van der Waals surface area contributed by atoms with Crippen molar-refractivity contribution in [1.29, 1.82) is 0 Å². The molecule has 2 rings (SSSR count). The molecule has 0 spiro atoms. The largest absolute Gasteiger partial charge is 0.490 e. The maximum atomic E-state index is 12.8. The molecule has 0 radical (unpaired) electrons. The minimum atomic E-state index is -4.43. The summed E-state index contributed by atoms with van der Waals surface area (Å²) in [4.78, 5) is 0. The summed E-state index contributed by atoms with van der Waals surface area (Å²) in [7, 11) is 0. The molecule has 1 aromatic carbocycles. The number of alkyl halides is 3. The Labute approximate surface area is 117 Å². The van der Waals surface area contributed by atoms with Gasteiger partial charge in [-0.3, -0.25) is 0 Å². The summed E-state index contributed by atoms with van der Waals surface area (Å²) in [6.45, 7) is 1.96. The van der Waals surface area contributed by atoms with Crippen molar-refractivity contribution in [3.63, 3.8) is 0 Å². The second-order valence-electron chi connectivity index (χ2n) is 4.15. The van der Waals surface area contributed by atoms with Crippen LogP contribution in [0.3, 0.4) is 0 Å². The zero-order valence-corrected chi connectivity index (χ0v) is 11.6. The molecule has 19 heavy (non-hydrogen) atoms. The Morgan fingerprint density at radius 1 is 1.42 bits per heavy atom. The van der Waals surface area contributed by atoms with Gasteiger partial charge in [0.2, 0.25) is 0 Å². The van der Waals surface area contributed by atoms with Gasteiger partial charge in [-0.1, -0.05) is 15.9 Å². The molecule has 0 bridgehead atoms. The van der Waals surface area contributed by atoms with Gasteiger partial charge in [0.15, 0.2) is 0 Å². The molecular weight excluding hydrogens is 327 g/mol. The van der Waals surface area contributed by atoms with E-state index < -0.39 is 11.7 Å². The lowest BCUT2D eigenvalue weighted by molar-refractivity contribution is -0.139. The summed E-state index contributed by atoms with van der Waals surface area (Å²) in [5, 5.41) is 3.09. The van der Waals surface area contributed by atoms with Crippen molar-refractivity contribution in [3.8, 4) is 5.75 Å². The van der Waals surface area contributed by atoms with Crippen LogP contribution in [0.5, 0.6) is 5.75 Å². The Morgan fingerprint density at radius 2 is 2.21 bits per heavy atom. The van der Waals surface area contributed by atoms with E-state index in [4.69, 9.17) is 9.47 Å². The van der Waals surface area contributed by atoms with E-state index in [0.29, 0.717) is 17.6 Å². The first-order valence-corrected chi connectivity index (χ1v) is 6.58. The molecule has 1 atom stereocenters. The molecule has 3 nitrogen and oxygen atoms in total. The van der Waals surface area contributed by atoms with Gasteiger partial charge in [0.1, 0.15) is 18.5 Å². The van der Waals surface area contributed by atoms with Gasteiger partial charge < -0.3 is 14.8 Å². The first-order valence-electron chi connectivity index (χ1n) is 5.78. The van der Waals surface area contributed by atoms with E-state index in [9.17, 15) is 13.2 Å². The van der Waals surface area contributed by atoms with E-state index >= 15 is 0 Å². The zero-order chi connectivity index (χ0) is 13.9. The molecule has 1 heterocycles. The van der Waals surface area contributed by atoms with Gasteiger partial charge in [-0.05, 0) is 18.2 Å². The molecular formula is C12H13BrF3NO2. The molecule has 1 saturated heterocycles. The highest BCUT2D eigenvalue weighted by Gasteiger charge is 2.34. The lowest BCUT2D eigenvalue weighted by atomic mass is 10.2. The fourth-order valence-corrected chi connectivity index (χ4v) is 2.10. The van der Waals surface area contributed by atoms with Crippen molar-refractivity contribution in [2.24, 2.45) is 0 Å². The van der Waals surface area contributed by atoms with Crippen LogP contribution in [0.1, 0.15) is 5.56 Å². The normalized spacial score (nSPS) is 20.3. The summed E-state index contributed by atoms with van der Waals surface area (Å²) < 4.78 is 49.6. The molecule has 0 amide bonds. The average molecular weight is 340 g/mol. The molecule has 1 fully saturated rings. The fourth-order valence-electron chi connectivity index (χ4n) is 1.76. The Bertz CT molecular complexity index is 433. The van der Waals surface area contributed by atoms with Crippen LogP contribution < -0.4 is 10.1 Å². The molecule has 106 valence electrons. The summed E-state index contributed by atoms with van der Waals surface area (Å²) >= 11 is 3.14. The van der Waals surface area contributed by atoms with Crippen LogP contribution in [0.2, 0.25) is 0 Å². The average Bonchev–Trinajstić information content (AvgIpc) is 2.36. The molecule has 0 saturated carbocycles. The van der Waals surface area contributed by atoms with E-state index in [0.717, 1.165) is 12.6 Å². The minimum Gasteiger partial charge on any atom is -0.490 e. The van der Waals surface area contributed by atoms with Crippen molar-refractivity contribution < 1.29 is 22.6 Å². The fraction of sp³-hybridized carbons (Fsp3) is 0.500. The third-order valence-electron chi connectivity index (χ3n) is 2.68. The molecule has 7 heteroatoms. The van der Waals surface area contributed by atoms with Gasteiger partial charge in [-0.15, -0.1) is 0 Å². The molecule has 1 aliphatic heterocycles. The van der Waals surface area contributed by atoms with Crippen LogP contribution in [0.25, 0.3) is 0 Å². The quantitative estimate of drug-likeness (QED) is 0.918. The van der Waals surface area contributed by atoms with Gasteiger partial charge in [-0.25, -0.2) is 0 Å². The second-order valence-corrected chi connectivity index (χ2v) is 5.06. The van der Waals surface area contributed by atoms with Crippen molar-refractivity contribution in [3.05, 3.63) is 28.2 Å². The first kappa shape index (κ1) is 14.6. The zero-order valence-electron chi connectivity index (χ0n) is 9.97. The van der Waals surface area contributed by atoms with E-state index in [-0.39, 0.29) is 18.5 Å². The summed E-state index contributed by atoms with van der Waals surface area (Å²) in [6, 6.07) is 3.66. The minimum absolute atomic E-state index is 0.0898. The molecule has 1 aliphatic rings. The van der Waals surface area contributed by atoms with E-state index in [1.54, 1.807) is 0 Å². The number of rotatable bonds is 3. The summed E-state index contributed by atoms with van der Waals surface area (Å²) in [5.41, 5.74) is -0.778. The number of hydrogen-bond acceptors (Lipinski definition) is 3. The maximum absolute atomic E-state index is 12.8. The van der Waals surface area contributed by atoms with Crippen LogP contribution in [-0.2, 0) is 10.9 Å².